The molecule has 16 nitrogen and oxygen atoms in total. The van der Waals surface area contributed by atoms with Crippen LogP contribution in [0.1, 0.15) is 41.8 Å². The summed E-state index contributed by atoms with van der Waals surface area (Å²) in [5, 5.41) is 47.6. The number of rotatable bonds is 9. The van der Waals surface area contributed by atoms with Gasteiger partial charge in [0.1, 0.15) is 5.75 Å². The Morgan fingerprint density at radius 2 is 1.53 bits per heavy atom. The van der Waals surface area contributed by atoms with E-state index in [1.165, 1.54) is 6.92 Å². The van der Waals surface area contributed by atoms with Crippen molar-refractivity contribution in [2.75, 3.05) is 38.6 Å². The van der Waals surface area contributed by atoms with Crippen LogP contribution < -0.4 is 15.4 Å². The normalized spacial score (nSPS) is 13.5. The van der Waals surface area contributed by atoms with Gasteiger partial charge in [-0.15, -0.1) is 0 Å². The van der Waals surface area contributed by atoms with Crippen LogP contribution in [0.3, 0.4) is 0 Å². The summed E-state index contributed by atoms with van der Waals surface area (Å²) in [4.78, 5) is 66.9. The lowest BCUT2D eigenvalue weighted by Crippen LogP contribution is -2.45. The number of carboxylic acid groups (broad SMARTS) is 4. The molecule has 252 valence electrons. The van der Waals surface area contributed by atoms with Gasteiger partial charge in [0.05, 0.1) is 25.3 Å². The van der Waals surface area contributed by atoms with E-state index in [1.54, 1.807) is 37.6 Å². The zero-order valence-corrected chi connectivity index (χ0v) is 25.6. The number of benzene rings is 2. The second-order valence-corrected chi connectivity index (χ2v) is 10.2. The summed E-state index contributed by atoms with van der Waals surface area (Å²) in [5.41, 5.74) is 2.87. The van der Waals surface area contributed by atoms with E-state index in [0.717, 1.165) is 48.1 Å². The smallest absolute Gasteiger partial charge is 0.414 e. The Balaban J connectivity index is 0.000000546. The lowest BCUT2D eigenvalue weighted by molar-refractivity contribution is -0.159. The number of amides is 1. The molecule has 1 aliphatic rings. The van der Waals surface area contributed by atoms with Gasteiger partial charge in [-0.1, -0.05) is 12.1 Å². The van der Waals surface area contributed by atoms with Crippen molar-refractivity contribution in [3.05, 3.63) is 65.9 Å². The van der Waals surface area contributed by atoms with Crippen LogP contribution in [-0.2, 0) is 24.0 Å². The number of hydrogen-bond acceptors (Lipinski definition) is 11. The zero-order chi connectivity index (χ0) is 35.1. The van der Waals surface area contributed by atoms with Crippen molar-refractivity contribution in [2.45, 2.75) is 31.9 Å². The molecule has 0 bridgehead atoms. The number of aliphatic hydroxyl groups excluding tert-OH is 1. The average molecular weight is 657 g/mol. The first-order chi connectivity index (χ1) is 22.2. The molecule has 4 rings (SSSR count). The van der Waals surface area contributed by atoms with Gasteiger partial charge < -0.3 is 45.8 Å². The third kappa shape index (κ3) is 12.8. The summed E-state index contributed by atoms with van der Waals surface area (Å²) in [6.07, 6.45) is 2.88. The molecule has 2 heterocycles. The first-order valence-electron chi connectivity index (χ1n) is 14.1. The molecule has 1 aliphatic heterocycles. The maximum absolute atomic E-state index is 12.3. The van der Waals surface area contributed by atoms with Crippen LogP contribution in [0, 0.1) is 0 Å². The molecule has 47 heavy (non-hydrogen) atoms. The molecule has 1 amide bonds. The molecule has 2 aromatic carbocycles. The fraction of sp³-hybridized carbons (Fsp3) is 0.323. The maximum atomic E-state index is 12.3. The highest BCUT2D eigenvalue weighted by Gasteiger charge is 2.23. The molecular formula is C31H36N4O12. The van der Waals surface area contributed by atoms with Crippen molar-refractivity contribution < 1.29 is 59.0 Å². The Morgan fingerprint density at radius 3 is 2.09 bits per heavy atom. The van der Waals surface area contributed by atoms with Crippen LogP contribution in [0.4, 0.5) is 5.69 Å². The number of aliphatic carboxylic acids is 4. The van der Waals surface area contributed by atoms with Crippen LogP contribution in [0.15, 0.2) is 54.7 Å². The second-order valence-electron chi connectivity index (χ2n) is 10.2. The highest BCUT2D eigenvalue weighted by Crippen LogP contribution is 2.27. The molecule has 7 N–H and O–H groups in total. The first-order valence-corrected chi connectivity index (χ1v) is 14.1. The van der Waals surface area contributed by atoms with Crippen LogP contribution >= 0.6 is 0 Å². The molecule has 1 atom stereocenters. The number of β-amino-alcohol motifs (C(OH)–C–C–N with tert-alkyl or cyclic N) is 1. The second kappa shape index (κ2) is 18.5. The number of piperidine rings is 1. The number of hydrogen-bond donors (Lipinski definition) is 7. The number of carboxylic acids is 4. The van der Waals surface area contributed by atoms with Gasteiger partial charge in [-0.25, -0.2) is 19.2 Å². The number of fused-ring (bicyclic) bond motifs is 1. The molecule has 0 unspecified atom stereocenters. The fourth-order valence-electron chi connectivity index (χ4n) is 4.48. The van der Waals surface area contributed by atoms with E-state index >= 15 is 0 Å². The molecule has 16 heteroatoms. The van der Waals surface area contributed by atoms with Crippen LogP contribution in [0.5, 0.6) is 5.75 Å². The van der Waals surface area contributed by atoms with Crippen LogP contribution in [-0.4, -0.2) is 110 Å². The summed E-state index contributed by atoms with van der Waals surface area (Å²) >= 11 is 0. The number of nitrogens with zero attached hydrogens (tertiary/aromatic N) is 2. The minimum absolute atomic E-state index is 0.0343. The molecule has 1 saturated heterocycles. The largest absolute Gasteiger partial charge is 0.497 e. The predicted octanol–water partition coefficient (Wildman–Crippen LogP) is 1.48. The first kappa shape index (κ1) is 37.7. The number of carbonyl (C=O) groups excluding carboxylic acids is 2. The van der Waals surface area contributed by atoms with E-state index in [2.05, 4.69) is 20.5 Å². The van der Waals surface area contributed by atoms with Crippen molar-refractivity contribution >= 4 is 52.2 Å². The van der Waals surface area contributed by atoms with E-state index in [-0.39, 0.29) is 24.3 Å². The molecule has 0 saturated carbocycles. The number of likely N-dealkylation sites (tertiary alicyclic amines) is 1. The molecule has 0 radical (unpaired) electrons. The number of aliphatic hydroxyl groups is 1. The third-order valence-electron chi connectivity index (χ3n) is 6.83. The van der Waals surface area contributed by atoms with Crippen molar-refractivity contribution in [2.24, 2.45) is 0 Å². The molecule has 1 fully saturated rings. The Morgan fingerprint density at radius 1 is 0.915 bits per heavy atom. The van der Waals surface area contributed by atoms with Gasteiger partial charge in [0.15, 0.2) is 5.78 Å². The number of pyridine rings is 1. The van der Waals surface area contributed by atoms with E-state index in [0.29, 0.717) is 17.8 Å². The summed E-state index contributed by atoms with van der Waals surface area (Å²) in [5.74, 6) is -6.73. The number of ether oxygens (including phenoxy) is 1. The quantitative estimate of drug-likeness (QED) is 0.127. The van der Waals surface area contributed by atoms with Gasteiger partial charge >= 0.3 is 23.9 Å². The standard InChI is InChI=1S/C27H32N4O4.2C2H2O4/c1-18(32)19-4-3-5-21(14-19)30-27(34)16-29-20-9-12-31(13-10-20)17-26(33)23-8-11-28-25-7-6-22(35-2)15-24(23)25;2*3-1(4)2(5)6/h3-8,11,14-15,20,26,29,33H,9-10,12-13,16-17H2,1-2H3,(H,30,34);2*(H,3,4)(H,5,6)/t26-;;/m0../s1. The fourth-order valence-corrected chi connectivity index (χ4v) is 4.48. The number of methoxy groups -OCH3 is 1. The van der Waals surface area contributed by atoms with Crippen molar-refractivity contribution in [1.29, 1.82) is 0 Å². The summed E-state index contributed by atoms with van der Waals surface area (Å²) < 4.78 is 5.34. The highest BCUT2D eigenvalue weighted by atomic mass is 16.5. The van der Waals surface area contributed by atoms with Gasteiger partial charge in [0, 0.05) is 35.4 Å². The number of aromatic nitrogens is 1. The van der Waals surface area contributed by atoms with Gasteiger partial charge in [0.2, 0.25) is 5.91 Å². The van der Waals surface area contributed by atoms with E-state index in [4.69, 9.17) is 44.3 Å². The third-order valence-corrected chi connectivity index (χ3v) is 6.83. The van der Waals surface area contributed by atoms with Crippen LogP contribution in [0.2, 0.25) is 0 Å². The predicted molar refractivity (Wildman–Crippen MR) is 166 cm³/mol. The Bertz CT molecular complexity index is 1540. The number of ketones is 1. The van der Waals surface area contributed by atoms with Gasteiger partial charge in [-0.2, -0.15) is 0 Å². The van der Waals surface area contributed by atoms with E-state index < -0.39 is 30.0 Å². The summed E-state index contributed by atoms with van der Waals surface area (Å²) in [6.45, 7) is 3.93. The molecule has 0 aliphatic carbocycles. The van der Waals surface area contributed by atoms with Crippen molar-refractivity contribution in [3.63, 3.8) is 0 Å². The molecular weight excluding hydrogens is 620 g/mol. The topological polar surface area (TPSA) is 253 Å². The minimum Gasteiger partial charge on any atom is -0.497 e. The number of Topliss-reactive ketones (excluding diaryl/α,β-unsaturated/α-hetero) is 1. The van der Waals surface area contributed by atoms with E-state index in [1.807, 2.05) is 24.3 Å². The van der Waals surface area contributed by atoms with Gasteiger partial charge in [0.25, 0.3) is 0 Å². The Kier molecular flexibility index (Phi) is 14.9. The Labute approximate surface area is 268 Å². The summed E-state index contributed by atoms with van der Waals surface area (Å²) in [7, 11) is 1.63. The maximum Gasteiger partial charge on any atom is 0.414 e. The lowest BCUT2D eigenvalue weighted by atomic mass is 10.0. The summed E-state index contributed by atoms with van der Waals surface area (Å²) in [6, 6.07) is 14.7. The SMILES string of the molecule is COc1ccc2nccc([C@@H](O)CN3CCC(NCC(=O)Nc4cccc(C(C)=O)c4)CC3)c2c1.O=C(O)C(=O)O.O=C(O)C(=O)O. The number of anilines is 1. The van der Waals surface area contributed by atoms with Crippen molar-refractivity contribution in [1.82, 2.24) is 15.2 Å². The van der Waals surface area contributed by atoms with Crippen LogP contribution in [0.25, 0.3) is 10.9 Å². The lowest BCUT2D eigenvalue weighted by Gasteiger charge is -2.33. The molecule has 1 aromatic heterocycles. The van der Waals surface area contributed by atoms with Gasteiger partial charge in [-0.05, 0) is 74.8 Å². The van der Waals surface area contributed by atoms with E-state index in [9.17, 15) is 14.7 Å². The number of carbonyl (C=O) groups is 6. The Hall–Kier alpha value is -5.45. The monoisotopic (exact) mass is 656 g/mol. The van der Waals surface area contributed by atoms with Gasteiger partial charge in [-0.3, -0.25) is 14.6 Å². The number of nitrogens with one attached hydrogen (secondary N) is 2. The van der Waals surface area contributed by atoms with Crippen molar-refractivity contribution in [3.8, 4) is 5.75 Å². The molecule has 0 spiro atoms. The highest BCUT2D eigenvalue weighted by molar-refractivity contribution is 6.27. The minimum atomic E-state index is -1.82. The zero-order valence-electron chi connectivity index (χ0n) is 25.6. The average Bonchev–Trinajstić information content (AvgIpc) is 3.04. The molecule has 3 aromatic rings.